The molecule has 0 saturated heterocycles. The molecule has 23 heavy (non-hydrogen) atoms. The molecule has 1 aliphatic rings. The lowest BCUT2D eigenvalue weighted by atomic mass is 10.1. The van der Waals surface area contributed by atoms with Gasteiger partial charge in [0, 0.05) is 12.0 Å². The fourth-order valence-electron chi connectivity index (χ4n) is 3.04. The van der Waals surface area contributed by atoms with Crippen molar-refractivity contribution in [2.75, 3.05) is 6.67 Å². The lowest BCUT2D eigenvalue weighted by Gasteiger charge is -2.11. The predicted octanol–water partition coefficient (Wildman–Crippen LogP) is 3.88. The van der Waals surface area contributed by atoms with Gasteiger partial charge in [0.25, 0.3) is 0 Å². The van der Waals surface area contributed by atoms with E-state index in [0.717, 1.165) is 12.3 Å². The van der Waals surface area contributed by atoms with E-state index in [2.05, 4.69) is 15.0 Å². The molecule has 0 bridgehead atoms. The van der Waals surface area contributed by atoms with Gasteiger partial charge in [0.2, 0.25) is 5.28 Å². The van der Waals surface area contributed by atoms with Crippen LogP contribution in [-0.4, -0.2) is 26.2 Å². The van der Waals surface area contributed by atoms with Gasteiger partial charge in [-0.15, -0.1) is 0 Å². The van der Waals surface area contributed by atoms with Crippen molar-refractivity contribution in [3.8, 4) is 11.3 Å². The van der Waals surface area contributed by atoms with E-state index in [4.69, 9.17) is 11.6 Å². The molecule has 1 aliphatic heterocycles. The molecule has 4 nitrogen and oxygen atoms in total. The number of nitrogens with zero attached hydrogens (tertiary/aromatic N) is 4. The maximum Gasteiger partial charge on any atom is 0.223 e. The fourth-order valence-corrected chi connectivity index (χ4v) is 3.17. The first kappa shape index (κ1) is 14.4. The van der Waals surface area contributed by atoms with Crippen molar-refractivity contribution in [1.29, 1.82) is 0 Å². The largest absolute Gasteiger partial charge is 0.322 e. The van der Waals surface area contributed by atoms with Crippen LogP contribution in [-0.2, 0) is 6.42 Å². The highest BCUT2D eigenvalue weighted by molar-refractivity contribution is 6.28. The highest BCUT2D eigenvalue weighted by Gasteiger charge is 2.27. The van der Waals surface area contributed by atoms with Gasteiger partial charge in [-0.05, 0) is 30.2 Å². The zero-order chi connectivity index (χ0) is 16.1. The summed E-state index contributed by atoms with van der Waals surface area (Å²) in [7, 11) is 0. The molecule has 0 fully saturated rings. The van der Waals surface area contributed by atoms with Crippen LogP contribution in [0.4, 0.5) is 13.2 Å². The van der Waals surface area contributed by atoms with E-state index in [1.54, 1.807) is 10.6 Å². The van der Waals surface area contributed by atoms with Crippen LogP contribution in [0.3, 0.4) is 0 Å². The van der Waals surface area contributed by atoms with Gasteiger partial charge in [-0.1, -0.05) is 0 Å². The number of aromatic nitrogens is 4. The summed E-state index contributed by atoms with van der Waals surface area (Å²) in [5, 5.41) is -0.137. The van der Waals surface area contributed by atoms with Crippen molar-refractivity contribution in [2.45, 2.75) is 18.9 Å². The number of imidazole rings is 1. The van der Waals surface area contributed by atoms with Gasteiger partial charge in [0.1, 0.15) is 23.7 Å². The van der Waals surface area contributed by atoms with Crippen LogP contribution in [0.5, 0.6) is 0 Å². The summed E-state index contributed by atoms with van der Waals surface area (Å²) < 4.78 is 43.2. The third kappa shape index (κ3) is 2.18. The van der Waals surface area contributed by atoms with E-state index in [-0.39, 0.29) is 28.1 Å². The van der Waals surface area contributed by atoms with Crippen molar-refractivity contribution in [3.05, 3.63) is 41.1 Å². The fraction of sp³-hybridized carbons (Fsp3) is 0.267. The van der Waals surface area contributed by atoms with Crippen LogP contribution in [0.1, 0.15) is 18.3 Å². The lowest BCUT2D eigenvalue weighted by molar-refractivity contribution is 0.372. The van der Waals surface area contributed by atoms with E-state index in [1.165, 1.54) is 0 Å². The SMILES string of the molecule is FCC1CCc2nc3c(F)cc(-c4nc(Cl)ncc4F)cc3n21. The predicted molar refractivity (Wildman–Crippen MR) is 79.0 cm³/mol. The van der Waals surface area contributed by atoms with Crippen LogP contribution >= 0.6 is 11.6 Å². The Morgan fingerprint density at radius 1 is 1.22 bits per heavy atom. The summed E-state index contributed by atoms with van der Waals surface area (Å²) in [6, 6.07) is 2.34. The smallest absolute Gasteiger partial charge is 0.223 e. The molecule has 1 atom stereocenters. The summed E-state index contributed by atoms with van der Waals surface area (Å²) >= 11 is 5.69. The molecule has 0 aliphatic carbocycles. The minimum absolute atomic E-state index is 0.101. The number of rotatable bonds is 2. The molecule has 0 amide bonds. The van der Waals surface area contributed by atoms with E-state index in [0.29, 0.717) is 24.2 Å². The molecule has 0 radical (unpaired) electrons. The molecular formula is C15H10ClF3N4. The summed E-state index contributed by atoms with van der Waals surface area (Å²) in [5.41, 5.74) is 0.701. The van der Waals surface area contributed by atoms with E-state index in [1.807, 2.05) is 0 Å². The zero-order valence-corrected chi connectivity index (χ0v) is 12.5. The van der Waals surface area contributed by atoms with Crippen LogP contribution in [0, 0.1) is 11.6 Å². The average molecular weight is 339 g/mol. The quantitative estimate of drug-likeness (QED) is 0.666. The molecule has 2 aromatic heterocycles. The van der Waals surface area contributed by atoms with E-state index >= 15 is 0 Å². The van der Waals surface area contributed by atoms with Gasteiger partial charge in [-0.2, -0.15) is 0 Å². The zero-order valence-electron chi connectivity index (χ0n) is 11.7. The Balaban J connectivity index is 1.98. The van der Waals surface area contributed by atoms with Crippen LogP contribution < -0.4 is 0 Å². The van der Waals surface area contributed by atoms with Gasteiger partial charge in [-0.25, -0.2) is 28.1 Å². The molecule has 0 N–H and O–H groups in total. The average Bonchev–Trinajstić information content (AvgIpc) is 3.09. The highest BCUT2D eigenvalue weighted by Crippen LogP contribution is 2.35. The number of fused-ring (bicyclic) bond motifs is 3. The highest BCUT2D eigenvalue weighted by atomic mass is 35.5. The molecule has 4 rings (SSSR count). The van der Waals surface area contributed by atoms with Crippen LogP contribution in [0.15, 0.2) is 18.3 Å². The molecule has 118 valence electrons. The molecule has 3 heterocycles. The normalized spacial score (nSPS) is 17.0. The number of hydrogen-bond donors (Lipinski definition) is 0. The molecule has 0 spiro atoms. The first-order valence-corrected chi connectivity index (χ1v) is 7.41. The van der Waals surface area contributed by atoms with Gasteiger partial charge < -0.3 is 4.57 Å². The minimum Gasteiger partial charge on any atom is -0.322 e. The van der Waals surface area contributed by atoms with E-state index < -0.39 is 18.3 Å². The maximum atomic E-state index is 14.4. The number of aryl methyl sites for hydroxylation is 1. The first-order chi connectivity index (χ1) is 11.1. The van der Waals surface area contributed by atoms with Gasteiger partial charge in [0.15, 0.2) is 11.6 Å². The number of halogens is 4. The van der Waals surface area contributed by atoms with Crippen LogP contribution in [0.25, 0.3) is 22.3 Å². The second kappa shape index (κ2) is 5.19. The van der Waals surface area contributed by atoms with Crippen molar-refractivity contribution < 1.29 is 13.2 Å². The Morgan fingerprint density at radius 3 is 2.83 bits per heavy atom. The van der Waals surface area contributed by atoms with E-state index in [9.17, 15) is 13.2 Å². The second-order valence-electron chi connectivity index (χ2n) is 5.41. The number of alkyl halides is 1. The molecule has 1 unspecified atom stereocenters. The minimum atomic E-state index is -0.712. The number of benzene rings is 1. The topological polar surface area (TPSA) is 43.6 Å². The van der Waals surface area contributed by atoms with Crippen LogP contribution in [0.2, 0.25) is 5.28 Å². The molecule has 1 aromatic carbocycles. The van der Waals surface area contributed by atoms with Crippen molar-refractivity contribution >= 4 is 22.6 Å². The standard InChI is InChI=1S/C15H10ClF3N4/c16-15-20-6-10(19)13(22-15)7-3-9(18)14-11(4-7)23-8(5-17)1-2-12(23)21-14/h3-4,6,8H,1-2,5H2. The van der Waals surface area contributed by atoms with Crippen molar-refractivity contribution in [1.82, 2.24) is 19.5 Å². The van der Waals surface area contributed by atoms with Crippen molar-refractivity contribution in [3.63, 3.8) is 0 Å². The maximum absolute atomic E-state index is 14.4. The summed E-state index contributed by atoms with van der Waals surface area (Å²) in [5.74, 6) is -0.678. The third-order valence-electron chi connectivity index (χ3n) is 4.05. The van der Waals surface area contributed by atoms with Gasteiger partial charge >= 0.3 is 0 Å². The molecule has 3 aromatic rings. The number of hydrogen-bond acceptors (Lipinski definition) is 3. The summed E-state index contributed by atoms with van der Waals surface area (Å²) in [6.45, 7) is -0.558. The Labute approximate surface area is 134 Å². The monoisotopic (exact) mass is 338 g/mol. The molecule has 0 saturated carbocycles. The Bertz CT molecular complexity index is 925. The van der Waals surface area contributed by atoms with Crippen molar-refractivity contribution in [2.24, 2.45) is 0 Å². The summed E-state index contributed by atoms with van der Waals surface area (Å²) in [4.78, 5) is 11.6. The Kier molecular flexibility index (Phi) is 3.26. The molecular weight excluding hydrogens is 329 g/mol. The Morgan fingerprint density at radius 2 is 2.04 bits per heavy atom. The Hall–Kier alpha value is -2.15. The first-order valence-electron chi connectivity index (χ1n) is 7.03. The molecule has 8 heteroatoms. The lowest BCUT2D eigenvalue weighted by Crippen LogP contribution is -2.05. The second-order valence-corrected chi connectivity index (χ2v) is 5.74. The third-order valence-corrected chi connectivity index (χ3v) is 4.24. The van der Waals surface area contributed by atoms with Gasteiger partial charge in [-0.3, -0.25) is 0 Å². The summed E-state index contributed by atoms with van der Waals surface area (Å²) in [6.07, 6.45) is 2.14. The van der Waals surface area contributed by atoms with Gasteiger partial charge in [0.05, 0.1) is 17.8 Å².